The van der Waals surface area contributed by atoms with E-state index in [4.69, 9.17) is 4.74 Å². The fourth-order valence-electron chi connectivity index (χ4n) is 4.63. The first-order chi connectivity index (χ1) is 13.6. The van der Waals surface area contributed by atoms with Gasteiger partial charge in [-0.2, -0.15) is 0 Å². The third-order valence-electron chi connectivity index (χ3n) is 6.15. The highest BCUT2D eigenvalue weighted by molar-refractivity contribution is 6.04. The van der Waals surface area contributed by atoms with Crippen LogP contribution in [-0.2, 0) is 26.3 Å². The molecule has 4 heterocycles. The van der Waals surface area contributed by atoms with Gasteiger partial charge in [0.25, 0.3) is 5.91 Å². The molecule has 5 rings (SSSR count). The SMILES string of the molecule is O=C(CN1C(=O)CNC1=O)N1CCC2(CC1)OCCc1c2[nH]c2ccccc12. The first-order valence-corrected chi connectivity index (χ1v) is 9.67. The molecular weight excluding hydrogens is 360 g/mol. The number of piperidine rings is 1. The maximum absolute atomic E-state index is 12.6. The van der Waals surface area contributed by atoms with Crippen LogP contribution in [0, 0.1) is 0 Å². The van der Waals surface area contributed by atoms with Gasteiger partial charge in [0.05, 0.1) is 18.8 Å². The number of amides is 4. The van der Waals surface area contributed by atoms with Crippen LogP contribution in [0.25, 0.3) is 10.9 Å². The zero-order valence-electron chi connectivity index (χ0n) is 15.5. The van der Waals surface area contributed by atoms with Crippen molar-refractivity contribution in [3.8, 4) is 0 Å². The molecule has 2 saturated heterocycles. The fraction of sp³-hybridized carbons (Fsp3) is 0.450. The van der Waals surface area contributed by atoms with Gasteiger partial charge in [-0.15, -0.1) is 0 Å². The van der Waals surface area contributed by atoms with E-state index >= 15 is 0 Å². The minimum absolute atomic E-state index is 0.0355. The number of likely N-dealkylation sites (tertiary alicyclic amines) is 1. The number of imide groups is 1. The summed E-state index contributed by atoms with van der Waals surface area (Å²) in [5, 5.41) is 3.69. The van der Waals surface area contributed by atoms with E-state index in [-0.39, 0.29) is 24.9 Å². The molecule has 3 aliphatic rings. The topological polar surface area (TPSA) is 94.7 Å². The molecule has 2 N–H and O–H groups in total. The lowest BCUT2D eigenvalue weighted by Crippen LogP contribution is -2.51. The monoisotopic (exact) mass is 382 g/mol. The van der Waals surface area contributed by atoms with Crippen molar-refractivity contribution in [2.75, 3.05) is 32.8 Å². The van der Waals surface area contributed by atoms with Gasteiger partial charge < -0.3 is 19.9 Å². The maximum Gasteiger partial charge on any atom is 0.325 e. The van der Waals surface area contributed by atoms with Gasteiger partial charge >= 0.3 is 6.03 Å². The summed E-state index contributed by atoms with van der Waals surface area (Å²) in [7, 11) is 0. The lowest BCUT2D eigenvalue weighted by atomic mass is 9.83. The van der Waals surface area contributed by atoms with E-state index < -0.39 is 11.6 Å². The van der Waals surface area contributed by atoms with Crippen LogP contribution < -0.4 is 5.32 Å². The first-order valence-electron chi connectivity index (χ1n) is 9.67. The van der Waals surface area contributed by atoms with Crippen molar-refractivity contribution in [2.45, 2.75) is 24.9 Å². The highest BCUT2D eigenvalue weighted by atomic mass is 16.5. The Bertz CT molecular complexity index is 958. The number of H-pyrrole nitrogens is 1. The number of rotatable bonds is 2. The predicted molar refractivity (Wildman–Crippen MR) is 101 cm³/mol. The summed E-state index contributed by atoms with van der Waals surface area (Å²) in [6, 6.07) is 7.80. The minimum atomic E-state index is -0.495. The Balaban J connectivity index is 1.33. The van der Waals surface area contributed by atoms with Gasteiger partial charge in [-0.3, -0.25) is 14.5 Å². The number of ether oxygens (including phenoxy) is 1. The van der Waals surface area contributed by atoms with E-state index in [0.29, 0.717) is 32.5 Å². The second-order valence-corrected chi connectivity index (χ2v) is 7.64. The molecule has 146 valence electrons. The summed E-state index contributed by atoms with van der Waals surface area (Å²) < 4.78 is 6.26. The number of carbonyl (C=O) groups excluding carboxylic acids is 3. The molecule has 1 aromatic heterocycles. The van der Waals surface area contributed by atoms with E-state index in [1.807, 2.05) is 6.07 Å². The van der Waals surface area contributed by atoms with Gasteiger partial charge in [-0.1, -0.05) is 18.2 Å². The molecule has 1 spiro atoms. The molecule has 4 amide bonds. The van der Waals surface area contributed by atoms with Crippen LogP contribution in [0.2, 0.25) is 0 Å². The third kappa shape index (κ3) is 2.59. The summed E-state index contributed by atoms with van der Waals surface area (Å²) >= 11 is 0. The van der Waals surface area contributed by atoms with Gasteiger partial charge in [0.1, 0.15) is 12.1 Å². The van der Waals surface area contributed by atoms with E-state index in [0.717, 1.165) is 22.5 Å². The Morgan fingerprint density at radius 3 is 2.71 bits per heavy atom. The van der Waals surface area contributed by atoms with Crippen molar-refractivity contribution < 1.29 is 19.1 Å². The molecule has 0 radical (unpaired) electrons. The van der Waals surface area contributed by atoms with Gasteiger partial charge in [0.2, 0.25) is 5.91 Å². The lowest BCUT2D eigenvalue weighted by molar-refractivity contribution is -0.144. The van der Waals surface area contributed by atoms with Crippen molar-refractivity contribution in [1.82, 2.24) is 20.1 Å². The predicted octanol–water partition coefficient (Wildman–Crippen LogP) is 1.11. The van der Waals surface area contributed by atoms with Crippen LogP contribution in [0.3, 0.4) is 0 Å². The quantitative estimate of drug-likeness (QED) is 0.761. The average Bonchev–Trinajstić information content (AvgIpc) is 3.25. The number of aromatic nitrogens is 1. The second kappa shape index (κ2) is 6.34. The maximum atomic E-state index is 12.6. The summed E-state index contributed by atoms with van der Waals surface area (Å²) in [4.78, 5) is 42.3. The van der Waals surface area contributed by atoms with Crippen LogP contribution in [0.4, 0.5) is 4.79 Å². The van der Waals surface area contributed by atoms with Crippen molar-refractivity contribution >= 4 is 28.7 Å². The number of urea groups is 1. The minimum Gasteiger partial charge on any atom is -0.368 e. The van der Waals surface area contributed by atoms with Crippen LogP contribution in [-0.4, -0.2) is 65.4 Å². The van der Waals surface area contributed by atoms with E-state index in [1.54, 1.807) is 4.90 Å². The molecule has 8 nitrogen and oxygen atoms in total. The smallest absolute Gasteiger partial charge is 0.325 e. The van der Waals surface area contributed by atoms with Crippen molar-refractivity contribution in [1.29, 1.82) is 0 Å². The molecule has 0 saturated carbocycles. The molecule has 0 aliphatic carbocycles. The Labute approximate surface area is 161 Å². The summed E-state index contributed by atoms with van der Waals surface area (Å²) in [6.45, 7) is 1.52. The van der Waals surface area contributed by atoms with Gasteiger partial charge in [0, 0.05) is 24.0 Å². The Hall–Kier alpha value is -2.87. The number of para-hydroxylation sites is 1. The molecule has 28 heavy (non-hydrogen) atoms. The zero-order chi connectivity index (χ0) is 19.3. The van der Waals surface area contributed by atoms with Gasteiger partial charge in [-0.05, 0) is 30.9 Å². The highest BCUT2D eigenvalue weighted by Gasteiger charge is 2.44. The second-order valence-electron chi connectivity index (χ2n) is 7.64. The molecule has 8 heteroatoms. The average molecular weight is 382 g/mol. The number of nitrogens with one attached hydrogen (secondary N) is 2. The van der Waals surface area contributed by atoms with Crippen LogP contribution in [0.1, 0.15) is 24.1 Å². The number of fused-ring (bicyclic) bond motifs is 4. The molecule has 0 unspecified atom stereocenters. The molecule has 0 atom stereocenters. The van der Waals surface area contributed by atoms with Gasteiger partial charge in [0.15, 0.2) is 0 Å². The molecule has 2 aromatic rings. The van der Waals surface area contributed by atoms with E-state index in [1.165, 1.54) is 10.9 Å². The number of hydrogen-bond acceptors (Lipinski definition) is 4. The van der Waals surface area contributed by atoms with Crippen molar-refractivity contribution in [3.05, 3.63) is 35.5 Å². The number of aromatic amines is 1. The summed E-state index contributed by atoms with van der Waals surface area (Å²) in [5.41, 5.74) is 3.18. The van der Waals surface area contributed by atoms with Gasteiger partial charge in [-0.25, -0.2) is 4.79 Å². The number of hydrogen-bond donors (Lipinski definition) is 2. The molecular formula is C20H22N4O4. The largest absolute Gasteiger partial charge is 0.368 e. The van der Waals surface area contributed by atoms with E-state index in [2.05, 4.69) is 28.5 Å². The molecule has 0 bridgehead atoms. The normalized spacial score (nSPS) is 21.3. The summed E-state index contributed by atoms with van der Waals surface area (Å²) in [6.07, 6.45) is 2.27. The molecule has 1 aromatic carbocycles. The van der Waals surface area contributed by atoms with Crippen molar-refractivity contribution in [2.24, 2.45) is 0 Å². The summed E-state index contributed by atoms with van der Waals surface area (Å²) in [5.74, 6) is -0.557. The molecule has 2 fully saturated rings. The van der Waals surface area contributed by atoms with E-state index in [9.17, 15) is 14.4 Å². The third-order valence-corrected chi connectivity index (χ3v) is 6.15. The van der Waals surface area contributed by atoms with Crippen LogP contribution in [0.15, 0.2) is 24.3 Å². The number of carbonyl (C=O) groups is 3. The lowest BCUT2D eigenvalue weighted by Gasteiger charge is -2.44. The number of nitrogens with zero attached hydrogens (tertiary/aromatic N) is 2. The highest BCUT2D eigenvalue weighted by Crippen LogP contribution is 2.43. The van der Waals surface area contributed by atoms with Crippen LogP contribution in [0.5, 0.6) is 0 Å². The van der Waals surface area contributed by atoms with Crippen LogP contribution >= 0.6 is 0 Å². The Morgan fingerprint density at radius 1 is 1.18 bits per heavy atom. The fourth-order valence-corrected chi connectivity index (χ4v) is 4.63. The first kappa shape index (κ1) is 17.2. The Morgan fingerprint density at radius 2 is 1.96 bits per heavy atom. The van der Waals surface area contributed by atoms with Crippen molar-refractivity contribution in [3.63, 3.8) is 0 Å². The standard InChI is InChI=1S/C20H22N4O4/c25-16-11-21-19(27)24(16)12-17(26)23-8-6-20(7-9-23)18-14(5-10-28-20)13-3-1-2-4-15(13)22-18/h1-4,22H,5-12H2,(H,21,27). The molecule has 3 aliphatic heterocycles. The Kier molecular flexibility index (Phi) is 3.90. The number of benzene rings is 1. The zero-order valence-corrected chi connectivity index (χ0v) is 15.5.